The summed E-state index contributed by atoms with van der Waals surface area (Å²) < 4.78 is 5.65. The standard InChI is InChI=1S/C22H24N4O2/c1-15(2)28-20-6-4-17(5-7-20)22(27)26-13-18-11-25(12-19(18)14-26)21-8-3-16(9-23)10-24-21/h3-8,10,15,18-19H,11-14H2,1-2H3. The molecule has 0 spiro atoms. The van der Waals surface area contributed by atoms with Crippen LogP contribution in [0.3, 0.4) is 0 Å². The van der Waals surface area contributed by atoms with Gasteiger partial charge >= 0.3 is 0 Å². The molecule has 0 saturated carbocycles. The van der Waals surface area contributed by atoms with Crippen LogP contribution in [-0.2, 0) is 0 Å². The van der Waals surface area contributed by atoms with Gasteiger partial charge in [0.15, 0.2) is 0 Å². The van der Waals surface area contributed by atoms with Crippen LogP contribution in [0.2, 0.25) is 0 Å². The van der Waals surface area contributed by atoms with E-state index in [-0.39, 0.29) is 12.0 Å². The third kappa shape index (κ3) is 3.65. The quantitative estimate of drug-likeness (QED) is 0.821. The summed E-state index contributed by atoms with van der Waals surface area (Å²) in [4.78, 5) is 21.5. The lowest BCUT2D eigenvalue weighted by molar-refractivity contribution is 0.0782. The van der Waals surface area contributed by atoms with Crippen LogP contribution in [0.15, 0.2) is 42.6 Å². The molecule has 1 aromatic carbocycles. The molecule has 6 heteroatoms. The fraction of sp³-hybridized carbons (Fsp3) is 0.409. The zero-order valence-corrected chi connectivity index (χ0v) is 16.2. The van der Waals surface area contributed by atoms with E-state index in [1.165, 1.54) is 0 Å². The molecule has 1 amide bonds. The zero-order valence-electron chi connectivity index (χ0n) is 16.2. The second kappa shape index (κ2) is 7.51. The minimum atomic E-state index is 0.0912. The average Bonchev–Trinajstić information content (AvgIpc) is 3.27. The van der Waals surface area contributed by atoms with Gasteiger partial charge in [0, 0.05) is 49.8 Å². The van der Waals surface area contributed by atoms with E-state index in [0.717, 1.165) is 37.7 Å². The monoisotopic (exact) mass is 376 g/mol. The van der Waals surface area contributed by atoms with Gasteiger partial charge in [-0.25, -0.2) is 4.98 Å². The highest BCUT2D eigenvalue weighted by Gasteiger charge is 2.42. The maximum atomic E-state index is 12.9. The molecule has 144 valence electrons. The summed E-state index contributed by atoms with van der Waals surface area (Å²) in [5, 5.41) is 8.91. The molecule has 2 saturated heterocycles. The number of benzene rings is 1. The molecule has 6 nitrogen and oxygen atoms in total. The van der Waals surface area contributed by atoms with E-state index < -0.39 is 0 Å². The van der Waals surface area contributed by atoms with E-state index in [1.807, 2.05) is 49.1 Å². The Balaban J connectivity index is 1.36. The predicted molar refractivity (Wildman–Crippen MR) is 106 cm³/mol. The summed E-state index contributed by atoms with van der Waals surface area (Å²) in [5.41, 5.74) is 1.28. The van der Waals surface area contributed by atoms with Crippen molar-refractivity contribution in [2.45, 2.75) is 20.0 Å². The van der Waals surface area contributed by atoms with E-state index in [9.17, 15) is 4.79 Å². The number of hydrogen-bond donors (Lipinski definition) is 0. The van der Waals surface area contributed by atoms with Crippen LogP contribution in [0.5, 0.6) is 5.75 Å². The molecule has 0 N–H and O–H groups in total. The number of amides is 1. The summed E-state index contributed by atoms with van der Waals surface area (Å²) in [6, 6.07) is 13.2. The van der Waals surface area contributed by atoms with Gasteiger partial charge in [-0.1, -0.05) is 0 Å². The van der Waals surface area contributed by atoms with Crippen molar-refractivity contribution in [3.8, 4) is 11.8 Å². The SMILES string of the molecule is CC(C)Oc1ccc(C(=O)N2CC3CN(c4ccc(C#N)cn4)CC3C2)cc1. The van der Waals surface area contributed by atoms with Crippen molar-refractivity contribution in [3.63, 3.8) is 0 Å². The second-order valence-corrected chi connectivity index (χ2v) is 7.84. The van der Waals surface area contributed by atoms with Gasteiger partial charge in [0.25, 0.3) is 5.91 Å². The van der Waals surface area contributed by atoms with Crippen molar-refractivity contribution in [1.82, 2.24) is 9.88 Å². The van der Waals surface area contributed by atoms with Crippen LogP contribution < -0.4 is 9.64 Å². The highest BCUT2D eigenvalue weighted by atomic mass is 16.5. The van der Waals surface area contributed by atoms with E-state index in [2.05, 4.69) is 16.0 Å². The Bertz CT molecular complexity index is 872. The van der Waals surface area contributed by atoms with E-state index in [0.29, 0.717) is 23.0 Å². The third-order valence-corrected chi connectivity index (χ3v) is 5.45. The van der Waals surface area contributed by atoms with Gasteiger partial charge in [-0.2, -0.15) is 5.26 Å². The van der Waals surface area contributed by atoms with E-state index in [4.69, 9.17) is 10.00 Å². The zero-order chi connectivity index (χ0) is 19.7. The first-order valence-electron chi connectivity index (χ1n) is 9.70. The summed E-state index contributed by atoms with van der Waals surface area (Å²) >= 11 is 0. The van der Waals surface area contributed by atoms with Crippen LogP contribution in [0.4, 0.5) is 5.82 Å². The lowest BCUT2D eigenvalue weighted by Crippen LogP contribution is -2.33. The molecular formula is C22H24N4O2. The number of ether oxygens (including phenoxy) is 1. The van der Waals surface area contributed by atoms with Gasteiger partial charge in [-0.3, -0.25) is 4.79 Å². The summed E-state index contributed by atoms with van der Waals surface area (Å²) in [6.07, 6.45) is 1.74. The maximum Gasteiger partial charge on any atom is 0.253 e. The summed E-state index contributed by atoms with van der Waals surface area (Å²) in [5.74, 6) is 2.71. The Kier molecular flexibility index (Phi) is 4.91. The Morgan fingerprint density at radius 2 is 1.79 bits per heavy atom. The predicted octanol–water partition coefficient (Wildman–Crippen LogP) is 2.95. The van der Waals surface area contributed by atoms with Crippen molar-refractivity contribution in [2.24, 2.45) is 11.8 Å². The number of rotatable bonds is 4. The largest absolute Gasteiger partial charge is 0.491 e. The smallest absolute Gasteiger partial charge is 0.253 e. The highest BCUT2D eigenvalue weighted by Crippen LogP contribution is 2.34. The molecule has 2 aliphatic rings. The first-order chi connectivity index (χ1) is 13.5. The normalized spacial score (nSPS) is 20.9. The molecule has 3 heterocycles. The number of carbonyl (C=O) groups excluding carboxylic acids is 1. The summed E-state index contributed by atoms with van der Waals surface area (Å²) in [7, 11) is 0. The van der Waals surface area contributed by atoms with Gasteiger partial charge in [0.1, 0.15) is 17.6 Å². The van der Waals surface area contributed by atoms with Crippen molar-refractivity contribution in [2.75, 3.05) is 31.1 Å². The number of nitriles is 1. The number of anilines is 1. The number of hydrogen-bond acceptors (Lipinski definition) is 5. The fourth-order valence-electron chi connectivity index (χ4n) is 4.12. The van der Waals surface area contributed by atoms with Crippen LogP contribution >= 0.6 is 0 Å². The molecule has 0 radical (unpaired) electrons. The molecule has 0 bridgehead atoms. The Morgan fingerprint density at radius 3 is 2.32 bits per heavy atom. The van der Waals surface area contributed by atoms with Gasteiger partial charge in [-0.15, -0.1) is 0 Å². The van der Waals surface area contributed by atoms with Gasteiger partial charge in [0.05, 0.1) is 11.7 Å². The molecule has 0 aliphatic carbocycles. The molecule has 2 atom stereocenters. The number of fused-ring (bicyclic) bond motifs is 1. The average molecular weight is 376 g/mol. The first kappa shape index (κ1) is 18.3. The minimum Gasteiger partial charge on any atom is -0.491 e. The number of pyridine rings is 1. The molecular weight excluding hydrogens is 352 g/mol. The van der Waals surface area contributed by atoms with Crippen LogP contribution in [0.1, 0.15) is 29.8 Å². The Morgan fingerprint density at radius 1 is 1.11 bits per heavy atom. The third-order valence-electron chi connectivity index (χ3n) is 5.45. The molecule has 4 rings (SSSR count). The topological polar surface area (TPSA) is 69.5 Å². The minimum absolute atomic E-state index is 0.0912. The number of likely N-dealkylation sites (tertiary alicyclic amines) is 1. The second-order valence-electron chi connectivity index (χ2n) is 7.84. The molecule has 2 aliphatic heterocycles. The number of aromatic nitrogens is 1. The van der Waals surface area contributed by atoms with Crippen LogP contribution in [0.25, 0.3) is 0 Å². The molecule has 2 unspecified atom stereocenters. The highest BCUT2D eigenvalue weighted by molar-refractivity contribution is 5.94. The van der Waals surface area contributed by atoms with Gasteiger partial charge in [0.2, 0.25) is 0 Å². The van der Waals surface area contributed by atoms with Crippen molar-refractivity contribution in [1.29, 1.82) is 5.26 Å². The van der Waals surface area contributed by atoms with Crippen molar-refractivity contribution in [3.05, 3.63) is 53.7 Å². The Labute approximate surface area is 165 Å². The molecule has 2 aromatic rings. The van der Waals surface area contributed by atoms with E-state index >= 15 is 0 Å². The van der Waals surface area contributed by atoms with Crippen LogP contribution in [0, 0.1) is 23.2 Å². The first-order valence-corrected chi connectivity index (χ1v) is 9.70. The molecule has 2 fully saturated rings. The maximum absolute atomic E-state index is 12.9. The fourth-order valence-corrected chi connectivity index (χ4v) is 4.12. The lowest BCUT2D eigenvalue weighted by atomic mass is 10.0. The van der Waals surface area contributed by atoms with Gasteiger partial charge in [-0.05, 0) is 50.2 Å². The Hall–Kier alpha value is -3.07. The van der Waals surface area contributed by atoms with Crippen LogP contribution in [-0.4, -0.2) is 48.1 Å². The molecule has 28 heavy (non-hydrogen) atoms. The lowest BCUT2D eigenvalue weighted by Gasteiger charge is -2.22. The number of carbonyl (C=O) groups is 1. The molecule has 1 aromatic heterocycles. The summed E-state index contributed by atoms with van der Waals surface area (Å²) in [6.45, 7) is 7.32. The van der Waals surface area contributed by atoms with Gasteiger partial charge < -0.3 is 14.5 Å². The van der Waals surface area contributed by atoms with E-state index in [1.54, 1.807) is 12.3 Å². The van der Waals surface area contributed by atoms with Crippen molar-refractivity contribution < 1.29 is 9.53 Å². The number of nitrogens with zero attached hydrogens (tertiary/aromatic N) is 4. The van der Waals surface area contributed by atoms with Crippen molar-refractivity contribution >= 4 is 11.7 Å².